The van der Waals surface area contributed by atoms with Gasteiger partial charge in [-0.2, -0.15) is 0 Å². The first-order valence-corrected chi connectivity index (χ1v) is 9.80. The molecule has 0 saturated heterocycles. The van der Waals surface area contributed by atoms with E-state index in [2.05, 4.69) is 37.5 Å². The number of hydrogen-bond donors (Lipinski definition) is 0. The molecule has 146 valence electrons. The molecule has 0 spiro atoms. The van der Waals surface area contributed by atoms with Crippen molar-refractivity contribution < 1.29 is 9.21 Å². The van der Waals surface area contributed by atoms with E-state index in [1.54, 1.807) is 0 Å². The van der Waals surface area contributed by atoms with Crippen LogP contribution in [0.1, 0.15) is 53.0 Å². The van der Waals surface area contributed by atoms with E-state index in [1.165, 1.54) is 11.8 Å². The Bertz CT molecular complexity index is 1140. The Morgan fingerprint density at radius 2 is 1.79 bits per heavy atom. The highest BCUT2D eigenvalue weighted by Crippen LogP contribution is 2.34. The Labute approximate surface area is 164 Å². The molecule has 3 heterocycles. The van der Waals surface area contributed by atoms with Crippen LogP contribution in [0.15, 0.2) is 39.5 Å². The van der Waals surface area contributed by atoms with Crippen LogP contribution >= 0.6 is 0 Å². The molecule has 0 saturated carbocycles. The Kier molecular flexibility index (Phi) is 4.41. The summed E-state index contributed by atoms with van der Waals surface area (Å²) in [7, 11) is 0. The average Bonchev–Trinajstić information content (AvgIpc) is 3.02. The molecular weight excluding hydrogens is 352 g/mol. The Morgan fingerprint density at radius 1 is 1.07 bits per heavy atom. The summed E-state index contributed by atoms with van der Waals surface area (Å²) in [4.78, 5) is 27.8. The molecule has 1 atom stereocenters. The Balaban J connectivity index is 1.78. The molecule has 5 heteroatoms. The van der Waals surface area contributed by atoms with Crippen LogP contribution in [-0.2, 0) is 6.54 Å². The van der Waals surface area contributed by atoms with Gasteiger partial charge in [-0.25, -0.2) is 0 Å². The zero-order chi connectivity index (χ0) is 20.2. The van der Waals surface area contributed by atoms with Crippen molar-refractivity contribution in [3.8, 4) is 0 Å². The molecule has 2 aromatic heterocycles. The van der Waals surface area contributed by atoms with E-state index in [0.717, 1.165) is 23.4 Å². The minimum absolute atomic E-state index is 0.0456. The number of aromatic nitrogens is 1. The second-order valence-corrected chi connectivity index (χ2v) is 8.15. The van der Waals surface area contributed by atoms with Crippen molar-refractivity contribution in [2.24, 2.45) is 5.92 Å². The van der Waals surface area contributed by atoms with E-state index in [-0.39, 0.29) is 29.1 Å². The van der Waals surface area contributed by atoms with Gasteiger partial charge in [0, 0.05) is 30.5 Å². The van der Waals surface area contributed by atoms with E-state index in [9.17, 15) is 9.59 Å². The number of amides is 1. The third-order valence-corrected chi connectivity index (χ3v) is 5.88. The molecule has 1 aliphatic heterocycles. The first-order valence-electron chi connectivity index (χ1n) is 9.80. The van der Waals surface area contributed by atoms with E-state index < -0.39 is 0 Å². The third kappa shape index (κ3) is 2.86. The molecule has 1 aromatic carbocycles. The topological polar surface area (TPSA) is 55.5 Å². The van der Waals surface area contributed by atoms with Crippen molar-refractivity contribution in [3.05, 3.63) is 68.8 Å². The van der Waals surface area contributed by atoms with Gasteiger partial charge in [-0.05, 0) is 62.1 Å². The molecule has 0 aliphatic carbocycles. The summed E-state index contributed by atoms with van der Waals surface area (Å²) in [5, 5.41) is 0.517. The molecule has 4 rings (SSSR count). The summed E-state index contributed by atoms with van der Waals surface area (Å²) in [5.74, 6) is 0.138. The highest BCUT2D eigenvalue weighted by Gasteiger charge is 2.35. The summed E-state index contributed by atoms with van der Waals surface area (Å²) in [5.41, 5.74) is 4.70. The van der Waals surface area contributed by atoms with Crippen LogP contribution in [0.3, 0.4) is 0 Å². The predicted molar refractivity (Wildman–Crippen MR) is 110 cm³/mol. The lowest BCUT2D eigenvalue weighted by Crippen LogP contribution is -2.44. The second-order valence-electron chi connectivity index (χ2n) is 8.15. The molecule has 0 unspecified atom stereocenters. The van der Waals surface area contributed by atoms with Gasteiger partial charge in [0.05, 0.1) is 11.4 Å². The van der Waals surface area contributed by atoms with E-state index in [0.29, 0.717) is 17.5 Å². The number of fused-ring (bicyclic) bond motifs is 2. The fourth-order valence-corrected chi connectivity index (χ4v) is 4.25. The normalized spacial score (nSPS) is 16.6. The predicted octanol–water partition coefficient (Wildman–Crippen LogP) is 4.37. The molecule has 0 fully saturated rings. The van der Waals surface area contributed by atoms with Gasteiger partial charge in [0.2, 0.25) is 0 Å². The second kappa shape index (κ2) is 6.66. The number of hydrogen-bond acceptors (Lipinski definition) is 3. The lowest BCUT2D eigenvalue weighted by Gasteiger charge is -2.39. The largest absolute Gasteiger partial charge is 0.451 e. The van der Waals surface area contributed by atoms with Crippen LogP contribution in [0, 0.1) is 26.7 Å². The van der Waals surface area contributed by atoms with Gasteiger partial charge in [-0.3, -0.25) is 9.59 Å². The Hall–Kier alpha value is -2.82. The molecule has 0 radical (unpaired) electrons. The van der Waals surface area contributed by atoms with Gasteiger partial charge < -0.3 is 13.9 Å². The number of nitrogens with zero attached hydrogens (tertiary/aromatic N) is 2. The van der Waals surface area contributed by atoms with Crippen molar-refractivity contribution in [1.82, 2.24) is 9.47 Å². The quantitative estimate of drug-likeness (QED) is 0.665. The summed E-state index contributed by atoms with van der Waals surface area (Å²) in [6.45, 7) is 11.6. The van der Waals surface area contributed by atoms with Gasteiger partial charge in [0.25, 0.3) is 5.91 Å². The van der Waals surface area contributed by atoms with E-state index in [1.807, 2.05) is 30.9 Å². The van der Waals surface area contributed by atoms with Gasteiger partial charge in [0.15, 0.2) is 11.2 Å². The van der Waals surface area contributed by atoms with Crippen molar-refractivity contribution in [2.75, 3.05) is 6.54 Å². The van der Waals surface area contributed by atoms with Crippen LogP contribution < -0.4 is 5.43 Å². The summed E-state index contributed by atoms with van der Waals surface area (Å²) in [6, 6.07) is 9.17. The van der Waals surface area contributed by atoms with Crippen molar-refractivity contribution in [3.63, 3.8) is 0 Å². The van der Waals surface area contributed by atoms with Gasteiger partial charge >= 0.3 is 0 Å². The molecule has 0 N–H and O–H groups in total. The van der Waals surface area contributed by atoms with Crippen LogP contribution in [0.5, 0.6) is 0 Å². The highest BCUT2D eigenvalue weighted by atomic mass is 16.3. The molecule has 1 aliphatic rings. The molecule has 0 bridgehead atoms. The summed E-state index contributed by atoms with van der Waals surface area (Å²) < 4.78 is 8.19. The van der Waals surface area contributed by atoms with Crippen LogP contribution in [0.4, 0.5) is 0 Å². The van der Waals surface area contributed by atoms with Gasteiger partial charge in [-0.1, -0.05) is 13.8 Å². The first-order chi connectivity index (χ1) is 13.3. The smallest absolute Gasteiger partial charge is 0.290 e. The Morgan fingerprint density at radius 3 is 2.50 bits per heavy atom. The standard InChI is InChI=1S/C23H26N2O3/c1-13(2)22-18-7-6-16(5)24(18)8-9-25(22)23(27)21-12-19(26)17-10-14(3)15(4)11-20(17)28-21/h6-7,10-13,22H,8-9H2,1-5H3/t22-/m0/s1. The van der Waals surface area contributed by atoms with Crippen molar-refractivity contribution in [2.45, 2.75) is 47.2 Å². The monoisotopic (exact) mass is 378 g/mol. The maximum absolute atomic E-state index is 13.4. The molecular formula is C23H26N2O3. The molecule has 1 amide bonds. The fraction of sp³-hybridized carbons (Fsp3) is 0.391. The number of carbonyl (C=O) groups excluding carboxylic acids is 1. The third-order valence-electron chi connectivity index (χ3n) is 5.88. The fourth-order valence-electron chi connectivity index (χ4n) is 4.25. The van der Waals surface area contributed by atoms with Gasteiger partial charge in [0.1, 0.15) is 5.58 Å². The number of carbonyl (C=O) groups is 1. The molecule has 28 heavy (non-hydrogen) atoms. The van der Waals surface area contributed by atoms with Crippen molar-refractivity contribution >= 4 is 16.9 Å². The maximum Gasteiger partial charge on any atom is 0.290 e. The van der Waals surface area contributed by atoms with Gasteiger partial charge in [-0.15, -0.1) is 0 Å². The van der Waals surface area contributed by atoms with Crippen LogP contribution in [0.2, 0.25) is 0 Å². The number of aryl methyl sites for hydroxylation is 3. The number of rotatable bonds is 2. The van der Waals surface area contributed by atoms with Crippen LogP contribution in [0.25, 0.3) is 11.0 Å². The maximum atomic E-state index is 13.4. The first kappa shape index (κ1) is 18.5. The minimum Gasteiger partial charge on any atom is -0.451 e. The molecule has 5 nitrogen and oxygen atoms in total. The van der Waals surface area contributed by atoms with E-state index in [4.69, 9.17) is 4.42 Å². The zero-order valence-corrected chi connectivity index (χ0v) is 17.1. The summed E-state index contributed by atoms with van der Waals surface area (Å²) in [6.07, 6.45) is 0. The highest BCUT2D eigenvalue weighted by molar-refractivity contribution is 5.93. The molecule has 3 aromatic rings. The SMILES string of the molecule is Cc1cc2oc(C(=O)N3CCn4c(C)ccc4[C@@H]3C(C)C)cc(=O)c2cc1C. The average molecular weight is 378 g/mol. The lowest BCUT2D eigenvalue weighted by atomic mass is 9.96. The van der Waals surface area contributed by atoms with Crippen LogP contribution in [-0.4, -0.2) is 21.9 Å². The van der Waals surface area contributed by atoms with E-state index >= 15 is 0 Å². The van der Waals surface area contributed by atoms with Crippen molar-refractivity contribution in [1.29, 1.82) is 0 Å². The number of benzene rings is 1. The zero-order valence-electron chi connectivity index (χ0n) is 17.1. The minimum atomic E-state index is -0.221. The lowest BCUT2D eigenvalue weighted by molar-refractivity contribution is 0.0523. The summed E-state index contributed by atoms with van der Waals surface area (Å²) >= 11 is 0.